The molecule has 2 heterocycles. The highest BCUT2D eigenvalue weighted by molar-refractivity contribution is 6.06. The normalized spacial score (nSPS) is 21.3. The molecule has 0 atom stereocenters. The van der Waals surface area contributed by atoms with Gasteiger partial charge >= 0.3 is 0 Å². The number of amides is 1. The largest absolute Gasteiger partial charge is 0.442 e. The zero-order valence-electron chi connectivity index (χ0n) is 11.9. The second-order valence-electron chi connectivity index (χ2n) is 5.62. The smallest absolute Gasteiger partial charge is 0.262 e. The van der Waals surface area contributed by atoms with Crippen molar-refractivity contribution < 1.29 is 14.3 Å². The van der Waals surface area contributed by atoms with E-state index in [4.69, 9.17) is 4.42 Å². The van der Waals surface area contributed by atoms with E-state index in [1.54, 1.807) is 18.9 Å². The summed E-state index contributed by atoms with van der Waals surface area (Å²) in [6, 6.07) is 0. The Morgan fingerprint density at radius 3 is 2.95 bits per heavy atom. The van der Waals surface area contributed by atoms with Gasteiger partial charge in [0.25, 0.3) is 11.5 Å². The van der Waals surface area contributed by atoms with Crippen molar-refractivity contribution in [2.45, 2.75) is 25.9 Å². The fourth-order valence-electron chi connectivity index (χ4n) is 2.82. The number of hydrogen-bond donors (Lipinski definition) is 2. The van der Waals surface area contributed by atoms with E-state index in [2.05, 4.69) is 9.97 Å². The van der Waals surface area contributed by atoms with Gasteiger partial charge in [-0.3, -0.25) is 9.59 Å². The molecule has 0 aliphatic heterocycles. The first-order valence-electron chi connectivity index (χ1n) is 6.87. The van der Waals surface area contributed by atoms with Crippen molar-refractivity contribution >= 4 is 17.0 Å². The van der Waals surface area contributed by atoms with Crippen molar-refractivity contribution in [2.24, 2.45) is 5.92 Å². The molecule has 1 amide bonds. The minimum absolute atomic E-state index is 0.173. The quantitative estimate of drug-likeness (QED) is 0.865. The van der Waals surface area contributed by atoms with Crippen LogP contribution in [0.4, 0.5) is 0 Å². The number of nitrogens with zero attached hydrogens (tertiary/aromatic N) is 2. The van der Waals surface area contributed by atoms with Crippen LogP contribution in [-0.2, 0) is 0 Å². The number of H-pyrrole nitrogens is 1. The number of fused-ring (bicyclic) bond motifs is 1. The summed E-state index contributed by atoms with van der Waals surface area (Å²) >= 11 is 0. The highest BCUT2D eigenvalue weighted by Gasteiger charge is 2.31. The molecule has 1 fully saturated rings. The van der Waals surface area contributed by atoms with Gasteiger partial charge in [0.2, 0.25) is 5.71 Å². The minimum Gasteiger partial charge on any atom is -0.442 e. The number of furan rings is 1. The third kappa shape index (κ3) is 2.33. The lowest BCUT2D eigenvalue weighted by atomic mass is 9.82. The molecule has 7 heteroatoms. The van der Waals surface area contributed by atoms with Crippen LogP contribution in [0.5, 0.6) is 0 Å². The third-order valence-electron chi connectivity index (χ3n) is 3.97. The molecule has 1 saturated carbocycles. The number of rotatable bonds is 3. The first-order chi connectivity index (χ1) is 9.97. The van der Waals surface area contributed by atoms with Crippen molar-refractivity contribution in [3.8, 4) is 0 Å². The molecular weight excluding hydrogens is 274 g/mol. The summed E-state index contributed by atoms with van der Waals surface area (Å²) in [5, 5.41) is 9.50. The predicted molar refractivity (Wildman–Crippen MR) is 75.1 cm³/mol. The van der Waals surface area contributed by atoms with E-state index in [9.17, 15) is 14.7 Å². The van der Waals surface area contributed by atoms with Gasteiger partial charge < -0.3 is 19.4 Å². The number of aromatic amines is 1. The zero-order valence-corrected chi connectivity index (χ0v) is 11.9. The third-order valence-corrected chi connectivity index (χ3v) is 3.97. The van der Waals surface area contributed by atoms with Gasteiger partial charge in [0.05, 0.1) is 18.0 Å². The second-order valence-corrected chi connectivity index (χ2v) is 5.62. The molecule has 7 nitrogen and oxygen atoms in total. The summed E-state index contributed by atoms with van der Waals surface area (Å²) in [5.41, 5.74) is 0.0569. The van der Waals surface area contributed by atoms with E-state index in [0.717, 1.165) is 0 Å². The summed E-state index contributed by atoms with van der Waals surface area (Å²) < 4.78 is 5.39. The molecule has 1 aliphatic rings. The highest BCUT2D eigenvalue weighted by atomic mass is 16.3. The van der Waals surface area contributed by atoms with E-state index < -0.39 is 0 Å². The Bertz CT molecular complexity index is 742. The molecule has 1 aliphatic carbocycles. The van der Waals surface area contributed by atoms with Gasteiger partial charge in [-0.2, -0.15) is 0 Å². The van der Waals surface area contributed by atoms with Gasteiger partial charge in [-0.05, 0) is 25.7 Å². The van der Waals surface area contributed by atoms with Crippen LogP contribution in [0.15, 0.2) is 15.5 Å². The Labute approximate surface area is 120 Å². The first kappa shape index (κ1) is 13.8. The minimum atomic E-state index is -0.382. The Morgan fingerprint density at radius 1 is 1.57 bits per heavy atom. The van der Waals surface area contributed by atoms with Crippen molar-refractivity contribution in [3.05, 3.63) is 28.0 Å². The number of aryl methyl sites for hydroxylation is 1. The summed E-state index contributed by atoms with van der Waals surface area (Å²) in [7, 11) is 1.69. The van der Waals surface area contributed by atoms with Gasteiger partial charge in [-0.25, -0.2) is 4.98 Å². The standard InChI is InChI=1S/C14H17N3O4/c1-7-10(11-12(19)15-6-16-13(11)21-7)14(20)17(2)5-8-3-9(18)4-8/h6,8-9,18H,3-5H2,1-2H3,(H,15,16,19). The van der Waals surface area contributed by atoms with Crippen molar-refractivity contribution in [3.63, 3.8) is 0 Å². The van der Waals surface area contributed by atoms with E-state index in [1.165, 1.54) is 6.33 Å². The summed E-state index contributed by atoms with van der Waals surface area (Å²) in [5.74, 6) is 0.440. The lowest BCUT2D eigenvalue weighted by Crippen LogP contribution is -2.39. The van der Waals surface area contributed by atoms with E-state index in [1.807, 2.05) is 0 Å². The maximum absolute atomic E-state index is 12.6. The number of aromatic nitrogens is 2. The summed E-state index contributed by atoms with van der Waals surface area (Å²) in [6.45, 7) is 2.20. The number of hydrogen-bond acceptors (Lipinski definition) is 5. The van der Waals surface area contributed by atoms with Crippen molar-refractivity contribution in [1.29, 1.82) is 0 Å². The van der Waals surface area contributed by atoms with Gasteiger partial charge in [0, 0.05) is 13.6 Å². The SMILES string of the molecule is Cc1oc2nc[nH]c(=O)c2c1C(=O)N(C)CC1CC(O)C1. The van der Waals surface area contributed by atoms with Crippen LogP contribution < -0.4 is 5.56 Å². The molecule has 2 aromatic rings. The monoisotopic (exact) mass is 291 g/mol. The average molecular weight is 291 g/mol. The van der Waals surface area contributed by atoms with E-state index in [-0.39, 0.29) is 34.2 Å². The van der Waals surface area contributed by atoms with Crippen LogP contribution in [0.1, 0.15) is 29.0 Å². The van der Waals surface area contributed by atoms with Crippen LogP contribution in [0.3, 0.4) is 0 Å². The van der Waals surface area contributed by atoms with Crippen LogP contribution in [-0.4, -0.2) is 45.6 Å². The number of carbonyl (C=O) groups is 1. The zero-order chi connectivity index (χ0) is 15.1. The lowest BCUT2D eigenvalue weighted by molar-refractivity contribution is 0.0265. The molecular formula is C14H17N3O4. The summed E-state index contributed by atoms with van der Waals surface area (Å²) in [4.78, 5) is 32.5. The Balaban J connectivity index is 1.90. The molecule has 0 unspecified atom stereocenters. The van der Waals surface area contributed by atoms with Crippen LogP contribution in [0.25, 0.3) is 11.1 Å². The molecule has 112 valence electrons. The topological polar surface area (TPSA) is 99.4 Å². The summed E-state index contributed by atoms with van der Waals surface area (Å²) in [6.07, 6.45) is 2.43. The molecule has 0 bridgehead atoms. The van der Waals surface area contributed by atoms with Crippen molar-refractivity contribution in [2.75, 3.05) is 13.6 Å². The molecule has 0 radical (unpaired) electrons. The van der Waals surface area contributed by atoms with Gasteiger partial charge in [-0.1, -0.05) is 0 Å². The fraction of sp³-hybridized carbons (Fsp3) is 0.500. The van der Waals surface area contributed by atoms with Gasteiger partial charge in [0.15, 0.2) is 0 Å². The van der Waals surface area contributed by atoms with Gasteiger partial charge in [-0.15, -0.1) is 0 Å². The number of aliphatic hydroxyl groups is 1. The average Bonchev–Trinajstić information content (AvgIpc) is 2.73. The molecule has 3 rings (SSSR count). The number of aliphatic hydroxyl groups excluding tert-OH is 1. The highest BCUT2D eigenvalue weighted by Crippen LogP contribution is 2.29. The van der Waals surface area contributed by atoms with Gasteiger partial charge in [0.1, 0.15) is 11.1 Å². The second kappa shape index (κ2) is 5.00. The molecule has 0 spiro atoms. The Morgan fingerprint density at radius 2 is 2.29 bits per heavy atom. The predicted octanol–water partition coefficient (Wildman–Crippen LogP) is 0.667. The Kier molecular flexibility index (Phi) is 3.29. The van der Waals surface area contributed by atoms with Crippen molar-refractivity contribution in [1.82, 2.24) is 14.9 Å². The molecule has 2 aromatic heterocycles. The molecule has 2 N–H and O–H groups in total. The first-order valence-corrected chi connectivity index (χ1v) is 6.87. The molecule has 0 aromatic carbocycles. The Hall–Kier alpha value is -2.15. The maximum atomic E-state index is 12.6. The van der Waals surface area contributed by atoms with Crippen LogP contribution in [0, 0.1) is 12.8 Å². The molecule has 0 saturated heterocycles. The van der Waals surface area contributed by atoms with Crippen LogP contribution in [0.2, 0.25) is 0 Å². The lowest BCUT2D eigenvalue weighted by Gasteiger charge is -2.34. The van der Waals surface area contributed by atoms with E-state index in [0.29, 0.717) is 31.1 Å². The van der Waals surface area contributed by atoms with E-state index >= 15 is 0 Å². The number of carbonyl (C=O) groups excluding carboxylic acids is 1. The number of nitrogens with one attached hydrogen (secondary N) is 1. The molecule has 21 heavy (non-hydrogen) atoms. The fourth-order valence-corrected chi connectivity index (χ4v) is 2.82. The van der Waals surface area contributed by atoms with Crippen LogP contribution >= 0.6 is 0 Å². The maximum Gasteiger partial charge on any atom is 0.262 e.